The Kier molecular flexibility index (Phi) is 5.40. The minimum atomic E-state index is -0.546. The van der Waals surface area contributed by atoms with E-state index in [1.54, 1.807) is 24.3 Å². The second-order valence-electron chi connectivity index (χ2n) is 6.37. The van der Waals surface area contributed by atoms with Crippen LogP contribution in [0, 0.1) is 10.1 Å². The third kappa shape index (κ3) is 3.86. The standard InChI is InChI=1S/C19H12Cl2N6O4/c20-12-4-3-5-13(17(12)21)24-16(28)9-25-10-22-18-11(19(25)29)8-23-26(18)14-6-1-2-7-15(14)27(30)31/h1-8,10H,9H2,(H,24,28). The lowest BCUT2D eigenvalue weighted by atomic mass is 10.2. The predicted molar refractivity (Wildman–Crippen MR) is 115 cm³/mol. The van der Waals surface area contributed by atoms with Gasteiger partial charge in [-0.05, 0) is 18.2 Å². The van der Waals surface area contributed by atoms with E-state index in [-0.39, 0.29) is 39.0 Å². The number of anilines is 1. The Balaban J connectivity index is 1.66. The molecule has 0 fully saturated rings. The number of amides is 1. The van der Waals surface area contributed by atoms with E-state index in [9.17, 15) is 19.7 Å². The van der Waals surface area contributed by atoms with E-state index < -0.39 is 16.4 Å². The monoisotopic (exact) mass is 458 g/mol. The average Bonchev–Trinajstić information content (AvgIpc) is 3.18. The zero-order valence-electron chi connectivity index (χ0n) is 15.5. The molecule has 4 rings (SSSR count). The smallest absolute Gasteiger partial charge is 0.294 e. The fourth-order valence-electron chi connectivity index (χ4n) is 2.98. The van der Waals surface area contributed by atoms with Gasteiger partial charge in [-0.1, -0.05) is 41.4 Å². The Bertz CT molecular complexity index is 1400. The molecule has 0 unspecified atom stereocenters. The molecule has 1 amide bonds. The molecule has 0 spiro atoms. The summed E-state index contributed by atoms with van der Waals surface area (Å²) < 4.78 is 2.31. The van der Waals surface area contributed by atoms with Crippen LogP contribution in [0.2, 0.25) is 10.0 Å². The minimum absolute atomic E-state index is 0.106. The Labute approximate surface area is 183 Å². The molecule has 31 heavy (non-hydrogen) atoms. The maximum absolute atomic E-state index is 12.8. The van der Waals surface area contributed by atoms with Crippen LogP contribution in [0.4, 0.5) is 11.4 Å². The minimum Gasteiger partial charge on any atom is -0.323 e. The number of fused-ring (bicyclic) bond motifs is 1. The van der Waals surface area contributed by atoms with E-state index >= 15 is 0 Å². The van der Waals surface area contributed by atoms with Crippen LogP contribution >= 0.6 is 23.2 Å². The van der Waals surface area contributed by atoms with Crippen LogP contribution in [-0.4, -0.2) is 30.2 Å². The van der Waals surface area contributed by atoms with Gasteiger partial charge in [-0.25, -0.2) is 9.67 Å². The maximum atomic E-state index is 12.8. The Hall–Kier alpha value is -3.76. The van der Waals surface area contributed by atoms with E-state index in [0.29, 0.717) is 5.69 Å². The molecule has 2 aromatic heterocycles. The SMILES string of the molecule is O=C(Cn1cnc2c(cnn2-c2ccccc2[N+](=O)[O-])c1=O)Nc1cccc(Cl)c1Cl. The van der Waals surface area contributed by atoms with E-state index in [0.717, 1.165) is 4.57 Å². The van der Waals surface area contributed by atoms with E-state index in [1.165, 1.54) is 35.4 Å². The number of carbonyl (C=O) groups excluding carboxylic acids is 1. The van der Waals surface area contributed by atoms with Gasteiger partial charge in [-0.2, -0.15) is 5.10 Å². The Morgan fingerprint density at radius 2 is 1.94 bits per heavy atom. The van der Waals surface area contributed by atoms with Gasteiger partial charge in [0.1, 0.15) is 23.9 Å². The summed E-state index contributed by atoms with van der Waals surface area (Å²) in [6.45, 7) is -0.332. The van der Waals surface area contributed by atoms with Crippen LogP contribution in [0.1, 0.15) is 0 Å². The third-order valence-corrected chi connectivity index (χ3v) is 5.22. The summed E-state index contributed by atoms with van der Waals surface area (Å²) in [4.78, 5) is 40.1. The second-order valence-corrected chi connectivity index (χ2v) is 7.15. The molecule has 2 aromatic carbocycles. The third-order valence-electron chi connectivity index (χ3n) is 4.40. The molecule has 0 saturated heterocycles. The van der Waals surface area contributed by atoms with Gasteiger partial charge in [0.2, 0.25) is 5.91 Å². The van der Waals surface area contributed by atoms with Crippen LogP contribution in [-0.2, 0) is 11.3 Å². The van der Waals surface area contributed by atoms with Gasteiger partial charge < -0.3 is 5.32 Å². The number of halogens is 2. The molecule has 0 saturated carbocycles. The summed E-state index contributed by atoms with van der Waals surface area (Å²) >= 11 is 12.0. The molecule has 0 atom stereocenters. The van der Waals surface area contributed by atoms with Crippen LogP contribution in [0.3, 0.4) is 0 Å². The van der Waals surface area contributed by atoms with Crippen molar-refractivity contribution in [2.45, 2.75) is 6.54 Å². The summed E-state index contributed by atoms with van der Waals surface area (Å²) in [5, 5.41) is 18.5. The highest BCUT2D eigenvalue weighted by molar-refractivity contribution is 6.43. The second kappa shape index (κ2) is 8.17. The summed E-state index contributed by atoms with van der Waals surface area (Å²) in [6, 6.07) is 10.8. The van der Waals surface area contributed by atoms with Gasteiger partial charge in [0.25, 0.3) is 11.2 Å². The molecule has 0 aliphatic heterocycles. The fourth-order valence-corrected chi connectivity index (χ4v) is 3.33. The lowest BCUT2D eigenvalue weighted by Crippen LogP contribution is -2.28. The zero-order valence-corrected chi connectivity index (χ0v) is 17.0. The molecule has 0 aliphatic carbocycles. The number of nitrogens with one attached hydrogen (secondary N) is 1. The highest BCUT2D eigenvalue weighted by Crippen LogP contribution is 2.29. The number of carbonyl (C=O) groups is 1. The number of nitro benzene ring substituents is 1. The fraction of sp³-hybridized carbons (Fsp3) is 0.0526. The lowest BCUT2D eigenvalue weighted by Gasteiger charge is -2.09. The van der Waals surface area contributed by atoms with E-state index in [2.05, 4.69) is 15.4 Å². The number of hydrogen-bond donors (Lipinski definition) is 1. The first-order valence-electron chi connectivity index (χ1n) is 8.77. The van der Waals surface area contributed by atoms with Crippen molar-refractivity contribution in [3.63, 3.8) is 0 Å². The predicted octanol–water partition coefficient (Wildman–Crippen LogP) is 3.44. The zero-order chi connectivity index (χ0) is 22.1. The molecule has 1 N–H and O–H groups in total. The van der Waals surface area contributed by atoms with Gasteiger partial charge in [-0.3, -0.25) is 24.3 Å². The topological polar surface area (TPSA) is 125 Å². The van der Waals surface area contributed by atoms with Crippen molar-refractivity contribution in [2.75, 3.05) is 5.32 Å². The number of rotatable bonds is 5. The van der Waals surface area contributed by atoms with Crippen molar-refractivity contribution in [1.29, 1.82) is 0 Å². The van der Waals surface area contributed by atoms with Crippen molar-refractivity contribution >= 4 is 51.5 Å². The largest absolute Gasteiger partial charge is 0.323 e. The van der Waals surface area contributed by atoms with Crippen LogP contribution in [0.15, 0.2) is 59.8 Å². The van der Waals surface area contributed by atoms with Crippen molar-refractivity contribution < 1.29 is 9.72 Å². The Morgan fingerprint density at radius 1 is 1.16 bits per heavy atom. The number of benzene rings is 2. The van der Waals surface area contributed by atoms with Crippen molar-refractivity contribution in [3.8, 4) is 5.69 Å². The van der Waals surface area contributed by atoms with Crippen molar-refractivity contribution in [2.24, 2.45) is 0 Å². The highest BCUT2D eigenvalue weighted by atomic mass is 35.5. The van der Waals surface area contributed by atoms with Crippen molar-refractivity contribution in [1.82, 2.24) is 19.3 Å². The van der Waals surface area contributed by atoms with Gasteiger partial charge in [0, 0.05) is 6.07 Å². The number of nitro groups is 1. The van der Waals surface area contributed by atoms with Crippen LogP contribution in [0.5, 0.6) is 0 Å². The van der Waals surface area contributed by atoms with Crippen molar-refractivity contribution in [3.05, 3.63) is 85.5 Å². The number of hydrogen-bond acceptors (Lipinski definition) is 6. The number of para-hydroxylation sites is 2. The van der Waals surface area contributed by atoms with Gasteiger partial charge in [0.15, 0.2) is 5.65 Å². The van der Waals surface area contributed by atoms with Crippen LogP contribution in [0.25, 0.3) is 16.7 Å². The summed E-state index contributed by atoms with van der Waals surface area (Å²) in [7, 11) is 0. The summed E-state index contributed by atoms with van der Waals surface area (Å²) in [5.41, 5.74) is -0.0989. The molecule has 0 aliphatic rings. The number of aromatic nitrogens is 4. The Morgan fingerprint density at radius 3 is 2.71 bits per heavy atom. The molecule has 0 radical (unpaired) electrons. The molecule has 4 aromatic rings. The normalized spacial score (nSPS) is 10.9. The molecule has 156 valence electrons. The first kappa shape index (κ1) is 20.5. The molecule has 12 heteroatoms. The quantitative estimate of drug-likeness (QED) is 0.360. The first-order valence-corrected chi connectivity index (χ1v) is 9.53. The lowest BCUT2D eigenvalue weighted by molar-refractivity contribution is -0.384. The first-order chi connectivity index (χ1) is 14.9. The highest BCUT2D eigenvalue weighted by Gasteiger charge is 2.19. The molecule has 10 nitrogen and oxygen atoms in total. The van der Waals surface area contributed by atoms with Gasteiger partial charge in [0.05, 0.1) is 26.9 Å². The molecule has 2 heterocycles. The van der Waals surface area contributed by atoms with Gasteiger partial charge >= 0.3 is 0 Å². The summed E-state index contributed by atoms with van der Waals surface area (Å²) in [5.74, 6) is -0.515. The molecular weight excluding hydrogens is 447 g/mol. The van der Waals surface area contributed by atoms with Crippen LogP contribution < -0.4 is 10.9 Å². The summed E-state index contributed by atoms with van der Waals surface area (Å²) in [6.07, 6.45) is 2.43. The average molecular weight is 459 g/mol. The molecular formula is C19H12Cl2N6O4. The van der Waals surface area contributed by atoms with E-state index in [1.807, 2.05) is 0 Å². The maximum Gasteiger partial charge on any atom is 0.294 e. The molecule has 0 bridgehead atoms. The van der Waals surface area contributed by atoms with Gasteiger partial charge in [-0.15, -0.1) is 0 Å². The van der Waals surface area contributed by atoms with E-state index in [4.69, 9.17) is 23.2 Å². The number of nitrogens with zero attached hydrogens (tertiary/aromatic N) is 5.